The van der Waals surface area contributed by atoms with Crippen molar-refractivity contribution in [1.82, 2.24) is 19.7 Å². The zero-order valence-electron chi connectivity index (χ0n) is 17.8. The maximum atomic E-state index is 14.4. The number of benzene rings is 1. The monoisotopic (exact) mass is 430 g/mol. The van der Waals surface area contributed by atoms with E-state index in [0.29, 0.717) is 11.3 Å². The van der Waals surface area contributed by atoms with Crippen LogP contribution in [-0.4, -0.2) is 38.7 Å². The second kappa shape index (κ2) is 8.37. The molecular weight excluding hydrogens is 407 g/mol. The zero-order valence-corrected chi connectivity index (χ0v) is 17.8. The Bertz CT molecular complexity index is 1280. The van der Waals surface area contributed by atoms with E-state index in [0.717, 1.165) is 42.5 Å². The Labute approximate surface area is 184 Å². The maximum Gasteiger partial charge on any atom is 0.274 e. The number of carbonyl (C=O) groups excluding carboxylic acids is 1. The summed E-state index contributed by atoms with van der Waals surface area (Å²) in [5, 5.41) is 8.46. The van der Waals surface area contributed by atoms with Crippen LogP contribution in [0.25, 0.3) is 22.2 Å². The lowest BCUT2D eigenvalue weighted by molar-refractivity contribution is 0.102. The number of rotatable bonds is 4. The fourth-order valence-electron chi connectivity index (χ4n) is 4.14. The summed E-state index contributed by atoms with van der Waals surface area (Å²) in [5.74, 6) is -0.892. The van der Waals surface area contributed by atoms with Gasteiger partial charge in [0.2, 0.25) is 0 Å². The Morgan fingerprint density at radius 1 is 1.12 bits per heavy atom. The van der Waals surface area contributed by atoms with Crippen molar-refractivity contribution in [2.75, 3.05) is 23.3 Å². The van der Waals surface area contributed by atoms with Gasteiger partial charge in [0, 0.05) is 49.7 Å². The second-order valence-corrected chi connectivity index (χ2v) is 8.00. The average Bonchev–Trinajstić information content (AvgIpc) is 3.19. The molecule has 0 saturated carbocycles. The van der Waals surface area contributed by atoms with E-state index in [1.165, 1.54) is 24.8 Å². The van der Waals surface area contributed by atoms with E-state index in [-0.39, 0.29) is 11.4 Å². The molecule has 0 radical (unpaired) electrons. The molecule has 1 N–H and O–H groups in total. The quantitative estimate of drug-likeness (QED) is 0.519. The van der Waals surface area contributed by atoms with Gasteiger partial charge >= 0.3 is 0 Å². The van der Waals surface area contributed by atoms with Crippen molar-refractivity contribution in [3.8, 4) is 11.3 Å². The van der Waals surface area contributed by atoms with Crippen LogP contribution in [0, 0.1) is 5.82 Å². The van der Waals surface area contributed by atoms with Crippen molar-refractivity contribution in [3.63, 3.8) is 0 Å². The number of pyridine rings is 2. The van der Waals surface area contributed by atoms with Crippen LogP contribution < -0.4 is 10.2 Å². The summed E-state index contributed by atoms with van der Waals surface area (Å²) >= 11 is 0. The molecule has 1 aliphatic rings. The fourth-order valence-corrected chi connectivity index (χ4v) is 4.14. The molecule has 1 amide bonds. The minimum atomic E-state index is -0.500. The van der Waals surface area contributed by atoms with Crippen LogP contribution in [0.4, 0.5) is 15.8 Å². The molecule has 0 unspecified atom stereocenters. The summed E-state index contributed by atoms with van der Waals surface area (Å²) in [7, 11) is 1.88. The van der Waals surface area contributed by atoms with E-state index >= 15 is 0 Å². The van der Waals surface area contributed by atoms with Crippen molar-refractivity contribution < 1.29 is 9.18 Å². The van der Waals surface area contributed by atoms with Crippen LogP contribution in [0.1, 0.15) is 29.8 Å². The van der Waals surface area contributed by atoms with E-state index in [2.05, 4.69) is 25.3 Å². The largest absolute Gasteiger partial charge is 0.370 e. The number of halogens is 1. The van der Waals surface area contributed by atoms with Crippen LogP contribution in [0.2, 0.25) is 0 Å². The van der Waals surface area contributed by atoms with Crippen LogP contribution in [0.5, 0.6) is 0 Å². The second-order valence-electron chi connectivity index (χ2n) is 8.00. The van der Waals surface area contributed by atoms with Crippen LogP contribution >= 0.6 is 0 Å². The number of nitrogens with one attached hydrogen (secondary N) is 1. The van der Waals surface area contributed by atoms with E-state index in [1.54, 1.807) is 23.0 Å². The minimum Gasteiger partial charge on any atom is -0.370 e. The van der Waals surface area contributed by atoms with Crippen LogP contribution in [-0.2, 0) is 7.05 Å². The van der Waals surface area contributed by atoms with Gasteiger partial charge in [0.1, 0.15) is 17.2 Å². The molecule has 8 heteroatoms. The number of piperidine rings is 1. The number of aromatic nitrogens is 4. The number of fused-ring (bicyclic) bond motifs is 1. The number of aryl methyl sites for hydroxylation is 1. The molecule has 0 aliphatic carbocycles. The maximum absolute atomic E-state index is 14.4. The molecule has 32 heavy (non-hydrogen) atoms. The van der Waals surface area contributed by atoms with Crippen molar-refractivity contribution in [3.05, 3.63) is 66.5 Å². The van der Waals surface area contributed by atoms with Gasteiger partial charge in [-0.3, -0.25) is 14.5 Å². The Balaban J connectivity index is 1.50. The van der Waals surface area contributed by atoms with Crippen molar-refractivity contribution in [2.45, 2.75) is 19.3 Å². The highest BCUT2D eigenvalue weighted by atomic mass is 19.1. The molecule has 4 heterocycles. The lowest BCUT2D eigenvalue weighted by atomic mass is 10.1. The van der Waals surface area contributed by atoms with Gasteiger partial charge in [-0.15, -0.1) is 0 Å². The van der Waals surface area contributed by atoms with Crippen molar-refractivity contribution in [2.24, 2.45) is 7.05 Å². The molecule has 1 fully saturated rings. The number of hydrogen-bond acceptors (Lipinski definition) is 5. The number of amides is 1. The number of nitrogens with zero attached hydrogens (tertiary/aromatic N) is 5. The lowest BCUT2D eigenvalue weighted by Gasteiger charge is -2.30. The molecule has 162 valence electrons. The predicted octanol–water partition coefficient (Wildman–Crippen LogP) is 4.41. The van der Waals surface area contributed by atoms with E-state index < -0.39 is 11.7 Å². The third-order valence-electron chi connectivity index (χ3n) is 5.69. The molecular formula is C24H23FN6O. The first-order chi connectivity index (χ1) is 15.6. The average molecular weight is 430 g/mol. The first-order valence-corrected chi connectivity index (χ1v) is 10.7. The molecule has 7 nitrogen and oxygen atoms in total. The Kier molecular flexibility index (Phi) is 5.26. The van der Waals surface area contributed by atoms with Gasteiger partial charge in [0.05, 0.1) is 16.9 Å². The molecule has 0 bridgehead atoms. The molecule has 5 rings (SSSR count). The first-order valence-electron chi connectivity index (χ1n) is 10.7. The summed E-state index contributed by atoms with van der Waals surface area (Å²) in [5.41, 5.74) is 3.28. The summed E-state index contributed by atoms with van der Waals surface area (Å²) in [6.07, 6.45) is 8.48. The molecule has 0 atom stereocenters. The van der Waals surface area contributed by atoms with E-state index in [9.17, 15) is 9.18 Å². The van der Waals surface area contributed by atoms with E-state index in [1.807, 2.05) is 25.4 Å². The van der Waals surface area contributed by atoms with Gasteiger partial charge in [-0.2, -0.15) is 5.10 Å². The Morgan fingerprint density at radius 2 is 1.97 bits per heavy atom. The molecule has 3 aromatic heterocycles. The molecule has 1 saturated heterocycles. The van der Waals surface area contributed by atoms with Gasteiger partial charge in [-0.1, -0.05) is 0 Å². The highest BCUT2D eigenvalue weighted by Crippen LogP contribution is 2.33. The van der Waals surface area contributed by atoms with Crippen LogP contribution in [0.15, 0.2) is 55.0 Å². The predicted molar refractivity (Wildman–Crippen MR) is 122 cm³/mol. The fraction of sp³-hybridized carbons (Fsp3) is 0.250. The molecule has 1 aromatic carbocycles. The Morgan fingerprint density at radius 3 is 2.75 bits per heavy atom. The molecule has 0 spiro atoms. The van der Waals surface area contributed by atoms with Gasteiger partial charge < -0.3 is 10.2 Å². The summed E-state index contributed by atoms with van der Waals surface area (Å²) in [6, 6.07) is 10.0. The molecule has 4 aromatic rings. The lowest BCUT2D eigenvalue weighted by Crippen LogP contribution is -2.30. The summed E-state index contributed by atoms with van der Waals surface area (Å²) in [6.45, 7) is 1.86. The number of anilines is 2. The zero-order chi connectivity index (χ0) is 22.1. The third kappa shape index (κ3) is 3.91. The third-order valence-corrected chi connectivity index (χ3v) is 5.69. The number of carbonyl (C=O) groups is 1. The SMILES string of the molecule is Cn1cc2cc(NC(=O)c3ccc(F)c(-c4cccnc4)n3)c(N3CCCCC3)cc2n1. The minimum absolute atomic E-state index is 0.102. The van der Waals surface area contributed by atoms with Gasteiger partial charge in [-0.25, -0.2) is 9.37 Å². The highest BCUT2D eigenvalue weighted by molar-refractivity contribution is 6.06. The van der Waals surface area contributed by atoms with Crippen molar-refractivity contribution >= 4 is 28.2 Å². The Hall–Kier alpha value is -3.81. The molecule has 1 aliphatic heterocycles. The highest BCUT2D eigenvalue weighted by Gasteiger charge is 2.20. The standard InChI is InChI=1S/C24H23FN6O/c1-30-15-17-12-21(22(13-20(17)29-30)31-10-3-2-4-11-31)28-24(32)19-8-7-18(25)23(27-19)16-6-5-9-26-14-16/h5-9,12-15H,2-4,10-11H2,1H3,(H,28,32). The van der Waals surface area contributed by atoms with Gasteiger partial charge in [0.25, 0.3) is 5.91 Å². The van der Waals surface area contributed by atoms with Crippen LogP contribution in [0.3, 0.4) is 0 Å². The normalized spacial score (nSPS) is 14.0. The summed E-state index contributed by atoms with van der Waals surface area (Å²) in [4.78, 5) is 23.7. The first kappa shape index (κ1) is 20.1. The van der Waals surface area contributed by atoms with Gasteiger partial charge in [-0.05, 0) is 55.7 Å². The number of hydrogen-bond donors (Lipinski definition) is 1. The summed E-state index contributed by atoms with van der Waals surface area (Å²) < 4.78 is 16.2. The van der Waals surface area contributed by atoms with E-state index in [4.69, 9.17) is 0 Å². The van der Waals surface area contributed by atoms with Gasteiger partial charge in [0.15, 0.2) is 0 Å². The van der Waals surface area contributed by atoms with Crippen molar-refractivity contribution in [1.29, 1.82) is 0 Å². The topological polar surface area (TPSA) is 75.9 Å². The smallest absolute Gasteiger partial charge is 0.274 e.